The molecule has 0 unspecified atom stereocenters. The second kappa shape index (κ2) is 17.1. The highest BCUT2D eigenvalue weighted by Gasteiger charge is 2.27. The van der Waals surface area contributed by atoms with E-state index < -0.39 is 97.2 Å². The molecular weight excluding hydrogens is 1040 g/mol. The van der Waals surface area contributed by atoms with Gasteiger partial charge in [-0.1, -0.05) is 18.2 Å². The molecule has 0 aliphatic carbocycles. The molecule has 27 heteroatoms. The zero-order valence-electron chi connectivity index (χ0n) is 30.3. The van der Waals surface area contributed by atoms with Crippen molar-refractivity contribution in [3.05, 3.63) is 165 Å². The predicted molar refractivity (Wildman–Crippen MR) is 227 cm³/mol. The standard InChI is InChI=1S/C36H15Br3N6O18/c37-34-22-4-1-5-23(34)59-29-14-31(19(43(52)53)11-17(29)41(48)49)61-25-7-3-9-27(36(25)39)63-33-15-32(20(44(54)55)12-21(33)45(56)57)62-26-8-2-6-24(35(26)38)60-30-13-28(58-22)16(40(46)47)10-18(30)42(50)51/h1-15H. The summed E-state index contributed by atoms with van der Waals surface area (Å²) in [5.41, 5.74) is -10.8. The summed E-state index contributed by atoms with van der Waals surface area (Å²) in [4.78, 5) is 67.5. The molecule has 63 heavy (non-hydrogen) atoms. The van der Waals surface area contributed by atoms with Gasteiger partial charge >= 0.3 is 34.1 Å². The van der Waals surface area contributed by atoms with Crippen molar-refractivity contribution in [3.63, 3.8) is 0 Å². The molecule has 7 aromatic rings. The first kappa shape index (κ1) is 43.1. The first-order valence-electron chi connectivity index (χ1n) is 16.7. The molecule has 0 spiro atoms. The minimum absolute atomic E-state index is 0.128. The van der Waals surface area contributed by atoms with E-state index in [0.717, 1.165) is 18.2 Å². The van der Waals surface area contributed by atoms with Crippen molar-refractivity contribution in [2.45, 2.75) is 0 Å². The van der Waals surface area contributed by atoms with E-state index in [1.807, 2.05) is 0 Å². The second-order valence-corrected chi connectivity index (χ2v) is 14.6. The lowest BCUT2D eigenvalue weighted by atomic mass is 10.2. The van der Waals surface area contributed by atoms with Gasteiger partial charge in [-0.2, -0.15) is 0 Å². The molecular formula is C36H15Br3N6O18. The maximum absolute atomic E-state index is 12.2. The lowest BCUT2D eigenvalue weighted by molar-refractivity contribution is -0.393. The number of nitro groups is 6. The van der Waals surface area contributed by atoms with Crippen LogP contribution in [-0.2, 0) is 0 Å². The fourth-order valence-electron chi connectivity index (χ4n) is 5.62. The van der Waals surface area contributed by atoms with E-state index >= 15 is 0 Å². The van der Waals surface area contributed by atoms with Crippen LogP contribution >= 0.6 is 47.8 Å². The Morgan fingerprint density at radius 2 is 0.444 bits per heavy atom. The highest BCUT2D eigenvalue weighted by atomic mass is 79.9. The predicted octanol–water partition coefficient (Wildman–Crippen LogP) is 13.0. The zero-order chi connectivity index (χ0) is 45.4. The summed E-state index contributed by atoms with van der Waals surface area (Å²) >= 11 is 9.73. The van der Waals surface area contributed by atoms with Crippen LogP contribution in [-0.4, -0.2) is 29.5 Å². The first-order valence-corrected chi connectivity index (χ1v) is 19.1. The summed E-state index contributed by atoms with van der Waals surface area (Å²) in [5, 5.41) is 73.3. The lowest BCUT2D eigenvalue weighted by Gasteiger charge is -2.02. The molecule has 6 aromatic carbocycles. The molecule has 12 bridgehead atoms. The van der Waals surface area contributed by atoms with Crippen LogP contribution in [0.4, 0.5) is 34.1 Å². The molecule has 318 valence electrons. The molecule has 0 aliphatic rings. The Hall–Kier alpha value is -8.04. The Bertz CT molecular complexity index is 2940. The summed E-state index contributed by atoms with van der Waals surface area (Å²) in [6, 6.07) is 15.7. The number of fused-ring (bicyclic) bond motifs is 12. The van der Waals surface area contributed by atoms with Crippen LogP contribution < -0.4 is 0 Å². The van der Waals surface area contributed by atoms with E-state index in [4.69, 9.17) is 26.5 Å². The third-order valence-electron chi connectivity index (χ3n) is 8.40. The van der Waals surface area contributed by atoms with Gasteiger partial charge in [0.25, 0.3) is 0 Å². The van der Waals surface area contributed by atoms with E-state index in [1.54, 1.807) is 0 Å². The first-order chi connectivity index (χ1) is 29.9. The molecule has 7 rings (SSSR count). The minimum Gasteiger partial charge on any atom is -0.449 e. The van der Waals surface area contributed by atoms with Gasteiger partial charge in [-0.05, 0) is 84.2 Å². The van der Waals surface area contributed by atoms with Crippen LogP contribution in [0.3, 0.4) is 0 Å². The largest absolute Gasteiger partial charge is 0.449 e. The Kier molecular flexibility index (Phi) is 11.7. The van der Waals surface area contributed by atoms with Gasteiger partial charge < -0.3 is 26.5 Å². The highest BCUT2D eigenvalue weighted by Crippen LogP contribution is 2.38. The Morgan fingerprint density at radius 3 is 0.587 bits per heavy atom. The number of hydrogen-bond donors (Lipinski definition) is 0. The third kappa shape index (κ3) is 8.63. The number of non-ortho nitro benzene ring substituents is 6. The van der Waals surface area contributed by atoms with Gasteiger partial charge in [0.1, 0.15) is 65.1 Å². The topological polar surface area (TPSA) is 338 Å². The molecule has 24 nitrogen and oxygen atoms in total. The van der Waals surface area contributed by atoms with Gasteiger partial charge in [-0.25, -0.2) is 0 Å². The van der Waals surface area contributed by atoms with Crippen LogP contribution in [0.1, 0.15) is 0 Å². The average Bonchev–Trinajstić information content (AvgIpc) is 3.21. The van der Waals surface area contributed by atoms with Crippen molar-refractivity contribution >= 4 is 149 Å². The number of nitro benzene ring substituents is 6. The zero-order valence-corrected chi connectivity index (χ0v) is 35.1. The highest BCUT2D eigenvalue weighted by molar-refractivity contribution is 9.11. The summed E-state index contributed by atoms with van der Waals surface area (Å²) in [5.74, 6) is 0. The van der Waals surface area contributed by atoms with Crippen molar-refractivity contribution < 1.29 is 56.0 Å². The van der Waals surface area contributed by atoms with E-state index in [-0.39, 0.29) is 46.9 Å². The van der Waals surface area contributed by atoms with E-state index in [9.17, 15) is 60.7 Å². The van der Waals surface area contributed by atoms with Crippen LogP contribution in [0.5, 0.6) is 0 Å². The molecule has 0 N–H and O–H groups in total. The maximum atomic E-state index is 12.2. The average molecular weight is 1060 g/mol. The second-order valence-electron chi connectivity index (χ2n) is 12.2. The fourth-order valence-corrected chi connectivity index (χ4v) is 6.90. The molecule has 0 saturated carbocycles. The van der Waals surface area contributed by atoms with E-state index in [2.05, 4.69) is 47.8 Å². The Balaban J connectivity index is 1.77. The van der Waals surface area contributed by atoms with Gasteiger partial charge in [0.2, 0.25) is 33.5 Å². The molecule has 0 radical (unpaired) electrons. The Morgan fingerprint density at radius 1 is 0.286 bits per heavy atom. The summed E-state index contributed by atoms with van der Waals surface area (Å²) < 4.78 is 34.8. The lowest BCUT2D eigenvalue weighted by Crippen LogP contribution is -1.94. The molecule has 1 aromatic heterocycles. The summed E-state index contributed by atoms with van der Waals surface area (Å²) in [6.45, 7) is 0. The smallest absolute Gasteiger partial charge is 0.318 e. The number of halogens is 3. The molecule has 0 saturated heterocycles. The van der Waals surface area contributed by atoms with Gasteiger partial charge in [-0.3, -0.25) is 60.7 Å². The number of benzene rings is 6. The van der Waals surface area contributed by atoms with Gasteiger partial charge in [0.05, 0.1) is 29.5 Å². The quantitative estimate of drug-likeness (QED) is 0.110. The van der Waals surface area contributed by atoms with Crippen LogP contribution in [0.2, 0.25) is 0 Å². The SMILES string of the molecule is O=[N+]([O-])c1cc([N+](=O)[O-])c2cc1oc1cccc(oc3cc(oc4cccc(oc5cc(oc6cccc(o2)c6Br)c([N+](=O)[O-])cc5[N+](=O)[O-])c4Br)c([N+](=O)[O-])cc3[N+](=O)[O-])c1Br. The normalized spacial score (nSPS) is 10.9. The van der Waals surface area contributed by atoms with Crippen LogP contribution in [0.25, 0.3) is 67.0 Å². The third-order valence-corrected chi connectivity index (χ3v) is 10.7. The number of nitrogens with zero attached hydrogens (tertiary/aromatic N) is 6. The van der Waals surface area contributed by atoms with E-state index in [1.165, 1.54) is 54.6 Å². The molecule has 0 atom stereocenters. The Labute approximate surface area is 368 Å². The maximum Gasteiger partial charge on any atom is 0.318 e. The monoisotopic (exact) mass is 1060 g/mol. The molecule has 0 aliphatic heterocycles. The molecule has 0 amide bonds. The van der Waals surface area contributed by atoms with Crippen molar-refractivity contribution in [3.8, 4) is 0 Å². The number of rotatable bonds is 6. The molecule has 1 heterocycles. The fraction of sp³-hybridized carbons (Fsp3) is 0. The van der Waals surface area contributed by atoms with E-state index in [0.29, 0.717) is 18.2 Å². The van der Waals surface area contributed by atoms with Crippen molar-refractivity contribution in [1.29, 1.82) is 0 Å². The van der Waals surface area contributed by atoms with Gasteiger partial charge in [0.15, 0.2) is 0 Å². The molecule has 0 fully saturated rings. The van der Waals surface area contributed by atoms with Gasteiger partial charge in [-0.15, -0.1) is 0 Å². The summed E-state index contributed by atoms with van der Waals surface area (Å²) in [7, 11) is 0. The summed E-state index contributed by atoms with van der Waals surface area (Å²) in [6.07, 6.45) is 0. The van der Waals surface area contributed by atoms with Crippen molar-refractivity contribution in [2.24, 2.45) is 0 Å². The van der Waals surface area contributed by atoms with Crippen LogP contribution in [0.15, 0.2) is 131 Å². The van der Waals surface area contributed by atoms with Gasteiger partial charge in [0, 0.05) is 18.2 Å². The minimum atomic E-state index is -0.982. The van der Waals surface area contributed by atoms with Crippen LogP contribution in [0, 0.1) is 60.7 Å². The number of hydrogen-bond acceptors (Lipinski definition) is 18. The van der Waals surface area contributed by atoms with Crippen molar-refractivity contribution in [2.75, 3.05) is 0 Å². The van der Waals surface area contributed by atoms with Crippen molar-refractivity contribution in [1.82, 2.24) is 0 Å².